The molecule has 1 amide bonds. The van der Waals surface area contributed by atoms with Gasteiger partial charge in [0, 0.05) is 30.2 Å². The van der Waals surface area contributed by atoms with Crippen LogP contribution >= 0.6 is 11.3 Å². The molecule has 4 aromatic heterocycles. The number of nitrogens with one attached hydrogen (secondary N) is 1. The van der Waals surface area contributed by atoms with Crippen LogP contribution in [0.25, 0.3) is 32.0 Å². The largest absolute Gasteiger partial charge is 0.403 e. The van der Waals surface area contributed by atoms with E-state index in [9.17, 15) is 9.18 Å². The second kappa shape index (κ2) is 9.12. The number of fused-ring (bicyclic) bond motifs is 4. The molecule has 1 saturated heterocycles. The highest BCUT2D eigenvalue weighted by atomic mass is 32.1. The lowest BCUT2D eigenvalue weighted by molar-refractivity contribution is 0.0776. The molecule has 0 spiro atoms. The Balaban J connectivity index is 1.49. The number of amides is 1. The van der Waals surface area contributed by atoms with Crippen LogP contribution in [0, 0.1) is 5.82 Å². The van der Waals surface area contributed by atoms with Gasteiger partial charge in [-0.2, -0.15) is 0 Å². The van der Waals surface area contributed by atoms with E-state index in [4.69, 9.17) is 15.1 Å². The molecule has 2 aliphatic rings. The number of nitrogens with zero attached hydrogens (tertiary/aromatic N) is 5. The minimum atomic E-state index is -0.279. The number of anilines is 2. The Kier molecular flexibility index (Phi) is 5.55. The Morgan fingerprint density at radius 3 is 2.77 bits per heavy atom. The molecule has 9 nitrogen and oxygen atoms in total. The number of hydrogen-bond acceptors (Lipinski definition) is 9. The number of nitrogen functional groups attached to an aromatic ring is 1. The summed E-state index contributed by atoms with van der Waals surface area (Å²) in [5, 5.41) is 12.3. The van der Waals surface area contributed by atoms with Gasteiger partial charge in [-0.25, -0.2) is 9.37 Å². The van der Waals surface area contributed by atoms with Crippen molar-refractivity contribution in [3.8, 4) is 21.9 Å². The number of nitrogens with two attached hydrogens (primary N) is 1. The minimum Gasteiger partial charge on any atom is -0.403 e. The van der Waals surface area contributed by atoms with E-state index >= 15 is 0 Å². The first kappa shape index (κ1) is 23.7. The van der Waals surface area contributed by atoms with Gasteiger partial charge in [0.05, 0.1) is 33.3 Å². The number of aromatic nitrogens is 4. The number of halogens is 1. The summed E-state index contributed by atoms with van der Waals surface area (Å²) in [6, 6.07) is 10.4. The molecule has 5 aromatic rings. The standard InChI is InChI=1S/C28H24FN7O2S/c1-31-25-24-15(10-11-32-25)13-19(39-24)21-20(26-34-35-28(30)38-26)17(9-6-14-4-7-16(29)8-5-14)33-23-18-3-2-12-36(18)27(37)22(21)23/h4-5,7-8,10-11,13,18H,2-3,6,9,12H2,1H3,(H2,30,35)(H,31,32). The molecule has 11 heteroatoms. The summed E-state index contributed by atoms with van der Waals surface area (Å²) in [5.41, 5.74) is 10.3. The molecule has 196 valence electrons. The normalized spacial score (nSPS) is 16.2. The highest BCUT2D eigenvalue weighted by molar-refractivity contribution is 7.23. The zero-order valence-electron chi connectivity index (χ0n) is 21.1. The number of rotatable bonds is 6. The zero-order valence-corrected chi connectivity index (χ0v) is 21.9. The molecule has 3 N–H and O–H groups in total. The summed E-state index contributed by atoms with van der Waals surface area (Å²) in [6.45, 7) is 0.702. The van der Waals surface area contributed by atoms with E-state index in [1.807, 2.05) is 18.0 Å². The van der Waals surface area contributed by atoms with E-state index in [0.29, 0.717) is 30.5 Å². The van der Waals surface area contributed by atoms with Crippen LogP contribution in [0.2, 0.25) is 0 Å². The monoisotopic (exact) mass is 541 g/mol. The summed E-state index contributed by atoms with van der Waals surface area (Å²) in [5.74, 6) is 0.676. The van der Waals surface area contributed by atoms with Gasteiger partial charge in [0.1, 0.15) is 11.6 Å². The lowest BCUT2D eigenvalue weighted by atomic mass is 9.93. The Labute approximate surface area is 226 Å². The second-order valence-corrected chi connectivity index (χ2v) is 10.8. The highest BCUT2D eigenvalue weighted by Crippen LogP contribution is 2.50. The van der Waals surface area contributed by atoms with E-state index in [-0.39, 0.29) is 29.7 Å². The van der Waals surface area contributed by atoms with Gasteiger partial charge in [-0.1, -0.05) is 17.2 Å². The van der Waals surface area contributed by atoms with Crippen molar-refractivity contribution in [2.45, 2.75) is 31.7 Å². The number of pyridine rings is 2. The molecule has 7 rings (SSSR count). The first-order valence-electron chi connectivity index (χ1n) is 12.8. The van der Waals surface area contributed by atoms with Crippen molar-refractivity contribution in [3.05, 3.63) is 70.9 Å². The average molecular weight is 542 g/mol. The molecule has 39 heavy (non-hydrogen) atoms. The molecular weight excluding hydrogens is 517 g/mol. The first-order chi connectivity index (χ1) is 19.0. The van der Waals surface area contributed by atoms with Crippen LogP contribution in [-0.4, -0.2) is 44.6 Å². The van der Waals surface area contributed by atoms with Crippen molar-refractivity contribution in [1.29, 1.82) is 0 Å². The molecule has 0 radical (unpaired) electrons. The molecule has 6 heterocycles. The van der Waals surface area contributed by atoms with E-state index in [1.165, 1.54) is 12.1 Å². The number of aryl methyl sites for hydroxylation is 2. The SMILES string of the molecule is CNc1nccc2cc(-c3c4c(nc(CCc5ccc(F)cc5)c3-c3nnc(N)o3)C3CCCN3C4=O)sc12. The predicted molar refractivity (Wildman–Crippen MR) is 147 cm³/mol. The summed E-state index contributed by atoms with van der Waals surface area (Å²) in [4.78, 5) is 26.2. The molecule has 2 aliphatic heterocycles. The fourth-order valence-electron chi connectivity index (χ4n) is 5.72. The molecule has 1 atom stereocenters. The third kappa shape index (κ3) is 3.84. The van der Waals surface area contributed by atoms with Crippen LogP contribution in [0.4, 0.5) is 16.2 Å². The van der Waals surface area contributed by atoms with Crippen molar-refractivity contribution in [1.82, 2.24) is 25.1 Å². The lowest BCUT2D eigenvalue weighted by Crippen LogP contribution is -2.22. The molecule has 0 saturated carbocycles. The molecular formula is C28H24FN7O2S. The van der Waals surface area contributed by atoms with E-state index < -0.39 is 0 Å². The van der Waals surface area contributed by atoms with Crippen molar-refractivity contribution < 1.29 is 13.6 Å². The quantitative estimate of drug-likeness (QED) is 0.299. The van der Waals surface area contributed by atoms with Crippen LogP contribution in [0.1, 0.15) is 46.2 Å². The van der Waals surface area contributed by atoms with E-state index in [1.54, 1.807) is 29.7 Å². The van der Waals surface area contributed by atoms with Gasteiger partial charge in [0.15, 0.2) is 0 Å². The van der Waals surface area contributed by atoms with Crippen molar-refractivity contribution in [2.24, 2.45) is 0 Å². The van der Waals surface area contributed by atoms with Crippen LogP contribution in [0.5, 0.6) is 0 Å². The smallest absolute Gasteiger partial charge is 0.313 e. The van der Waals surface area contributed by atoms with Crippen LogP contribution in [0.3, 0.4) is 0 Å². The number of thiophene rings is 1. The number of hydrogen-bond donors (Lipinski definition) is 2. The first-order valence-corrected chi connectivity index (χ1v) is 13.6. The summed E-state index contributed by atoms with van der Waals surface area (Å²) >= 11 is 1.55. The minimum absolute atomic E-state index is 0.0294. The van der Waals surface area contributed by atoms with E-state index in [0.717, 1.165) is 56.1 Å². The third-order valence-corrected chi connectivity index (χ3v) is 8.65. The van der Waals surface area contributed by atoms with Gasteiger partial charge in [-0.3, -0.25) is 9.78 Å². The molecule has 1 aromatic carbocycles. The predicted octanol–water partition coefficient (Wildman–Crippen LogP) is 5.25. The summed E-state index contributed by atoms with van der Waals surface area (Å²) in [6.07, 6.45) is 4.72. The van der Waals surface area contributed by atoms with Gasteiger partial charge in [0.2, 0.25) is 0 Å². The van der Waals surface area contributed by atoms with Gasteiger partial charge < -0.3 is 20.4 Å². The Hall–Kier alpha value is -4.38. The maximum atomic E-state index is 13.9. The van der Waals surface area contributed by atoms with Gasteiger partial charge in [0.25, 0.3) is 11.8 Å². The number of carbonyl (C=O) groups excluding carboxylic acids is 1. The van der Waals surface area contributed by atoms with Crippen LogP contribution < -0.4 is 11.1 Å². The fourth-order valence-corrected chi connectivity index (χ4v) is 6.93. The highest BCUT2D eigenvalue weighted by Gasteiger charge is 2.44. The fraction of sp³-hybridized carbons (Fsp3) is 0.250. The van der Waals surface area contributed by atoms with Gasteiger partial charge in [-0.15, -0.1) is 16.4 Å². The maximum absolute atomic E-state index is 13.9. The molecule has 1 fully saturated rings. The van der Waals surface area contributed by atoms with Crippen LogP contribution in [0.15, 0.2) is 47.0 Å². The maximum Gasteiger partial charge on any atom is 0.313 e. The molecule has 1 unspecified atom stereocenters. The Morgan fingerprint density at radius 2 is 2.00 bits per heavy atom. The molecule has 0 bridgehead atoms. The van der Waals surface area contributed by atoms with Crippen LogP contribution in [-0.2, 0) is 12.8 Å². The van der Waals surface area contributed by atoms with Crippen molar-refractivity contribution in [3.63, 3.8) is 0 Å². The van der Waals surface area contributed by atoms with Gasteiger partial charge >= 0.3 is 6.01 Å². The lowest BCUT2D eigenvalue weighted by Gasteiger charge is -2.16. The topological polar surface area (TPSA) is 123 Å². The Bertz CT molecular complexity index is 1750. The number of carbonyl (C=O) groups is 1. The van der Waals surface area contributed by atoms with Crippen molar-refractivity contribution in [2.75, 3.05) is 24.6 Å². The third-order valence-electron chi connectivity index (χ3n) is 7.48. The van der Waals surface area contributed by atoms with E-state index in [2.05, 4.69) is 26.6 Å². The average Bonchev–Trinajstić information content (AvgIpc) is 3.73. The van der Waals surface area contributed by atoms with Crippen molar-refractivity contribution >= 4 is 39.2 Å². The summed E-state index contributed by atoms with van der Waals surface area (Å²) < 4.78 is 20.3. The number of benzene rings is 1. The Morgan fingerprint density at radius 1 is 1.15 bits per heavy atom. The van der Waals surface area contributed by atoms with Gasteiger partial charge in [-0.05, 0) is 60.9 Å². The second-order valence-electron chi connectivity index (χ2n) is 9.74. The zero-order chi connectivity index (χ0) is 26.7. The molecule has 0 aliphatic carbocycles. The summed E-state index contributed by atoms with van der Waals surface area (Å²) in [7, 11) is 1.84.